The van der Waals surface area contributed by atoms with Gasteiger partial charge in [0.05, 0.1) is 7.11 Å². The number of hydrogen-bond acceptors (Lipinski definition) is 1. The van der Waals surface area contributed by atoms with Crippen LogP contribution in [0.2, 0.25) is 0 Å². The van der Waals surface area contributed by atoms with Crippen molar-refractivity contribution in [1.82, 2.24) is 0 Å². The van der Waals surface area contributed by atoms with Gasteiger partial charge in [-0.3, -0.25) is 0 Å². The van der Waals surface area contributed by atoms with Crippen LogP contribution in [0.4, 0.5) is 0 Å². The van der Waals surface area contributed by atoms with Crippen molar-refractivity contribution in [3.05, 3.63) is 28.3 Å². The van der Waals surface area contributed by atoms with Gasteiger partial charge in [0, 0.05) is 5.33 Å². The molecule has 0 heterocycles. The second kappa shape index (κ2) is 5.55. The van der Waals surface area contributed by atoms with Crippen molar-refractivity contribution in [2.45, 2.75) is 33.6 Å². The number of ether oxygens (including phenoxy) is 1. The first-order valence-electron chi connectivity index (χ1n) is 5.31. The largest absolute Gasteiger partial charge is 0.496 e. The zero-order valence-corrected chi connectivity index (χ0v) is 11.6. The Balaban J connectivity index is 3.11. The third-order valence-corrected chi connectivity index (χ3v) is 3.55. The molecule has 0 radical (unpaired) electrons. The average molecular weight is 271 g/mol. The lowest BCUT2D eigenvalue weighted by atomic mass is 9.94. The van der Waals surface area contributed by atoms with Crippen LogP contribution < -0.4 is 4.74 Å². The summed E-state index contributed by atoms with van der Waals surface area (Å²) >= 11 is 3.48. The zero-order valence-electron chi connectivity index (χ0n) is 9.98. The predicted octanol–water partition coefficient (Wildman–Crippen LogP) is 3.95. The molecule has 1 nitrogen and oxygen atoms in total. The number of hydrogen-bond donors (Lipinski definition) is 0. The molecule has 1 rings (SSSR count). The standard InChI is InChI=1S/C13H19BrO/c1-9-8-13(15-4)11(3)10(2)12(9)6-5-7-14/h8H,5-7H2,1-4H3. The first-order chi connectivity index (χ1) is 7.11. The molecule has 1 aromatic rings. The van der Waals surface area contributed by atoms with Gasteiger partial charge >= 0.3 is 0 Å². The first kappa shape index (κ1) is 12.6. The summed E-state index contributed by atoms with van der Waals surface area (Å²) in [7, 11) is 1.74. The van der Waals surface area contributed by atoms with Crippen LogP contribution in [0.15, 0.2) is 6.07 Å². The summed E-state index contributed by atoms with van der Waals surface area (Å²) in [6.07, 6.45) is 2.33. The predicted molar refractivity (Wildman–Crippen MR) is 69.3 cm³/mol. The number of halogens is 1. The van der Waals surface area contributed by atoms with E-state index >= 15 is 0 Å². The van der Waals surface area contributed by atoms with Crippen LogP contribution in [0, 0.1) is 20.8 Å². The highest BCUT2D eigenvalue weighted by Gasteiger charge is 2.09. The quantitative estimate of drug-likeness (QED) is 0.753. The molecule has 1 aromatic carbocycles. The van der Waals surface area contributed by atoms with Crippen molar-refractivity contribution in [1.29, 1.82) is 0 Å². The summed E-state index contributed by atoms with van der Waals surface area (Å²) in [4.78, 5) is 0. The van der Waals surface area contributed by atoms with Crippen LogP contribution in [0.1, 0.15) is 28.7 Å². The molecule has 0 amide bonds. The molecule has 0 spiro atoms. The minimum absolute atomic E-state index is 1.01. The molecule has 0 aromatic heterocycles. The van der Waals surface area contributed by atoms with E-state index in [2.05, 4.69) is 42.8 Å². The molecule has 2 heteroatoms. The molecule has 0 saturated carbocycles. The molecule has 0 aliphatic carbocycles. The fourth-order valence-electron chi connectivity index (χ4n) is 1.94. The molecular weight excluding hydrogens is 252 g/mol. The van der Waals surface area contributed by atoms with Gasteiger partial charge in [0.25, 0.3) is 0 Å². The Morgan fingerprint density at radius 1 is 1.20 bits per heavy atom. The molecule has 0 aliphatic heterocycles. The summed E-state index contributed by atoms with van der Waals surface area (Å²) < 4.78 is 5.36. The van der Waals surface area contributed by atoms with Crippen molar-refractivity contribution in [3.8, 4) is 5.75 Å². The van der Waals surface area contributed by atoms with Crippen molar-refractivity contribution in [2.24, 2.45) is 0 Å². The Bertz CT molecular complexity index is 345. The van der Waals surface area contributed by atoms with E-state index < -0.39 is 0 Å². The number of methoxy groups -OCH3 is 1. The maximum atomic E-state index is 5.36. The van der Waals surface area contributed by atoms with Crippen LogP contribution in [0.5, 0.6) is 5.75 Å². The van der Waals surface area contributed by atoms with Crippen molar-refractivity contribution in [3.63, 3.8) is 0 Å². The lowest BCUT2D eigenvalue weighted by molar-refractivity contribution is 0.410. The molecule has 84 valence electrons. The van der Waals surface area contributed by atoms with Crippen molar-refractivity contribution < 1.29 is 4.74 Å². The van der Waals surface area contributed by atoms with Crippen LogP contribution in [-0.2, 0) is 6.42 Å². The SMILES string of the molecule is COc1cc(C)c(CCCBr)c(C)c1C. The average Bonchev–Trinajstić information content (AvgIpc) is 2.23. The number of benzene rings is 1. The van der Waals surface area contributed by atoms with Crippen LogP contribution in [0.3, 0.4) is 0 Å². The second-order valence-corrected chi connectivity index (χ2v) is 4.71. The molecule has 0 bridgehead atoms. The van der Waals surface area contributed by atoms with Gasteiger partial charge in [-0.25, -0.2) is 0 Å². The fraction of sp³-hybridized carbons (Fsp3) is 0.538. The van der Waals surface area contributed by atoms with E-state index in [1.54, 1.807) is 7.11 Å². The summed E-state index contributed by atoms with van der Waals surface area (Å²) in [6, 6.07) is 2.14. The van der Waals surface area contributed by atoms with Gasteiger partial charge in [0.2, 0.25) is 0 Å². The fourth-order valence-corrected chi connectivity index (χ4v) is 2.22. The van der Waals surface area contributed by atoms with Gasteiger partial charge in [0.1, 0.15) is 5.75 Å². The van der Waals surface area contributed by atoms with Crippen LogP contribution in [0.25, 0.3) is 0 Å². The Kier molecular flexibility index (Phi) is 4.65. The van der Waals surface area contributed by atoms with Gasteiger partial charge in [-0.15, -0.1) is 0 Å². The molecule has 0 aliphatic rings. The number of rotatable bonds is 4. The van der Waals surface area contributed by atoms with Gasteiger partial charge in [-0.05, 0) is 61.9 Å². The Morgan fingerprint density at radius 3 is 2.40 bits per heavy atom. The van der Waals surface area contributed by atoms with E-state index in [1.807, 2.05) is 0 Å². The molecule has 0 atom stereocenters. The number of aryl methyl sites for hydroxylation is 1. The molecule has 0 saturated heterocycles. The Morgan fingerprint density at radius 2 is 1.87 bits per heavy atom. The molecular formula is C13H19BrO. The molecule has 0 unspecified atom stereocenters. The first-order valence-corrected chi connectivity index (χ1v) is 6.43. The minimum Gasteiger partial charge on any atom is -0.496 e. The van der Waals surface area contributed by atoms with Crippen LogP contribution >= 0.6 is 15.9 Å². The molecule has 0 fully saturated rings. The highest BCUT2D eigenvalue weighted by atomic mass is 79.9. The summed E-state index contributed by atoms with van der Waals surface area (Å²) in [5.41, 5.74) is 5.48. The normalized spacial score (nSPS) is 10.5. The van der Waals surface area contributed by atoms with Gasteiger partial charge in [-0.2, -0.15) is 0 Å². The second-order valence-electron chi connectivity index (χ2n) is 3.92. The maximum absolute atomic E-state index is 5.36. The van der Waals surface area contributed by atoms with Gasteiger partial charge in [0.15, 0.2) is 0 Å². The monoisotopic (exact) mass is 270 g/mol. The van der Waals surface area contributed by atoms with Crippen molar-refractivity contribution >= 4 is 15.9 Å². The highest BCUT2D eigenvalue weighted by Crippen LogP contribution is 2.28. The highest BCUT2D eigenvalue weighted by molar-refractivity contribution is 9.09. The zero-order chi connectivity index (χ0) is 11.4. The van der Waals surface area contributed by atoms with Crippen molar-refractivity contribution in [2.75, 3.05) is 12.4 Å². The topological polar surface area (TPSA) is 9.23 Å². The third-order valence-electron chi connectivity index (χ3n) is 2.99. The number of alkyl halides is 1. The van der Waals surface area contributed by atoms with E-state index in [-0.39, 0.29) is 0 Å². The summed E-state index contributed by atoms with van der Waals surface area (Å²) in [6.45, 7) is 6.48. The van der Waals surface area contributed by atoms with E-state index in [9.17, 15) is 0 Å². The summed E-state index contributed by atoms with van der Waals surface area (Å²) in [5.74, 6) is 1.01. The van der Waals surface area contributed by atoms with E-state index in [1.165, 1.54) is 28.7 Å². The third kappa shape index (κ3) is 2.75. The Labute approximate surface area is 101 Å². The van der Waals surface area contributed by atoms with Gasteiger partial charge < -0.3 is 4.74 Å². The van der Waals surface area contributed by atoms with E-state index in [4.69, 9.17) is 4.74 Å². The minimum atomic E-state index is 1.01. The van der Waals surface area contributed by atoms with Crippen LogP contribution in [-0.4, -0.2) is 12.4 Å². The maximum Gasteiger partial charge on any atom is 0.122 e. The van der Waals surface area contributed by atoms with E-state index in [0.29, 0.717) is 0 Å². The lowest BCUT2D eigenvalue weighted by Crippen LogP contribution is -2.00. The summed E-state index contributed by atoms with van der Waals surface area (Å²) in [5, 5.41) is 1.07. The molecule has 0 N–H and O–H groups in total. The van der Waals surface area contributed by atoms with Gasteiger partial charge in [-0.1, -0.05) is 15.9 Å². The lowest BCUT2D eigenvalue weighted by Gasteiger charge is -2.15. The smallest absolute Gasteiger partial charge is 0.122 e. The Hall–Kier alpha value is -0.500. The molecule has 15 heavy (non-hydrogen) atoms. The van der Waals surface area contributed by atoms with E-state index in [0.717, 1.165) is 17.5 Å².